The summed E-state index contributed by atoms with van der Waals surface area (Å²) in [7, 11) is 0. The topological polar surface area (TPSA) is 55.4 Å². The number of hydrogen-bond donors (Lipinski definition) is 1. The number of carbonyl (C=O) groups excluding carboxylic acids is 2. The zero-order valence-electron chi connectivity index (χ0n) is 12.8. The summed E-state index contributed by atoms with van der Waals surface area (Å²) >= 11 is 0. The van der Waals surface area contributed by atoms with E-state index in [4.69, 9.17) is 4.74 Å². The van der Waals surface area contributed by atoms with Gasteiger partial charge in [-0.2, -0.15) is 0 Å². The second-order valence-corrected chi connectivity index (χ2v) is 4.97. The maximum absolute atomic E-state index is 11.9. The van der Waals surface area contributed by atoms with E-state index in [1.54, 1.807) is 6.92 Å². The number of unbranched alkanes of at least 4 members (excludes halogenated alkanes) is 2. The van der Waals surface area contributed by atoms with Crippen molar-refractivity contribution in [2.24, 2.45) is 5.92 Å². The van der Waals surface area contributed by atoms with Gasteiger partial charge in [0.15, 0.2) is 6.10 Å². The number of ether oxygens (including phenoxy) is 1. The Morgan fingerprint density at radius 2 is 1.74 bits per heavy atom. The maximum Gasteiger partial charge on any atom is 0.309 e. The van der Waals surface area contributed by atoms with Crippen molar-refractivity contribution >= 4 is 11.9 Å². The van der Waals surface area contributed by atoms with Crippen LogP contribution in [0.25, 0.3) is 0 Å². The molecule has 0 rings (SSSR count). The van der Waals surface area contributed by atoms with Gasteiger partial charge in [-0.3, -0.25) is 9.59 Å². The normalized spacial score (nSPS) is 13.7. The standard InChI is InChI=1S/C15H29NO3/c1-5-8-10-13(7-3)15(18)19-12(4)14(17)16-11-9-6-2/h12-13H,5-11H2,1-4H3,(H,16,17)/t12-,13+/m1/s1. The van der Waals surface area contributed by atoms with Crippen molar-refractivity contribution in [3.05, 3.63) is 0 Å². The van der Waals surface area contributed by atoms with Crippen LogP contribution in [0.3, 0.4) is 0 Å². The van der Waals surface area contributed by atoms with Gasteiger partial charge >= 0.3 is 5.97 Å². The quantitative estimate of drug-likeness (QED) is 0.491. The molecule has 4 heteroatoms. The van der Waals surface area contributed by atoms with Crippen molar-refractivity contribution < 1.29 is 14.3 Å². The van der Waals surface area contributed by atoms with Crippen LogP contribution in [0, 0.1) is 5.92 Å². The lowest BCUT2D eigenvalue weighted by Gasteiger charge is -2.18. The molecule has 1 N–H and O–H groups in total. The third kappa shape index (κ3) is 7.85. The van der Waals surface area contributed by atoms with Crippen LogP contribution >= 0.6 is 0 Å². The van der Waals surface area contributed by atoms with Crippen molar-refractivity contribution in [3.8, 4) is 0 Å². The Kier molecular flexibility index (Phi) is 10.2. The Hall–Kier alpha value is -1.06. The molecule has 0 heterocycles. The van der Waals surface area contributed by atoms with Gasteiger partial charge in [0.25, 0.3) is 5.91 Å². The van der Waals surface area contributed by atoms with E-state index < -0.39 is 6.10 Å². The van der Waals surface area contributed by atoms with E-state index in [1.807, 2.05) is 6.92 Å². The van der Waals surface area contributed by atoms with Crippen LogP contribution in [0.15, 0.2) is 0 Å². The summed E-state index contributed by atoms with van der Waals surface area (Å²) in [5, 5.41) is 2.77. The summed E-state index contributed by atoms with van der Waals surface area (Å²) in [5.41, 5.74) is 0. The lowest BCUT2D eigenvalue weighted by atomic mass is 10.00. The average Bonchev–Trinajstić information content (AvgIpc) is 2.39. The van der Waals surface area contributed by atoms with Crippen LogP contribution in [0.5, 0.6) is 0 Å². The summed E-state index contributed by atoms with van der Waals surface area (Å²) in [5.74, 6) is -0.521. The summed E-state index contributed by atoms with van der Waals surface area (Å²) in [6, 6.07) is 0. The van der Waals surface area contributed by atoms with E-state index in [-0.39, 0.29) is 17.8 Å². The molecule has 0 fully saturated rings. The molecule has 0 saturated heterocycles. The molecule has 0 radical (unpaired) electrons. The van der Waals surface area contributed by atoms with Gasteiger partial charge in [0.05, 0.1) is 5.92 Å². The fraction of sp³-hybridized carbons (Fsp3) is 0.867. The number of nitrogens with one attached hydrogen (secondary N) is 1. The lowest BCUT2D eigenvalue weighted by Crippen LogP contribution is -2.37. The molecule has 0 spiro atoms. The van der Waals surface area contributed by atoms with Gasteiger partial charge in [-0.05, 0) is 26.2 Å². The fourth-order valence-corrected chi connectivity index (χ4v) is 1.80. The molecule has 0 aliphatic heterocycles. The Labute approximate surface area is 117 Å². The van der Waals surface area contributed by atoms with E-state index in [1.165, 1.54) is 0 Å². The van der Waals surface area contributed by atoms with Crippen molar-refractivity contribution in [2.45, 2.75) is 72.3 Å². The van der Waals surface area contributed by atoms with Crippen molar-refractivity contribution in [1.82, 2.24) is 5.32 Å². The molecule has 0 aliphatic rings. The number of carbonyl (C=O) groups is 2. The molecule has 19 heavy (non-hydrogen) atoms. The first-order valence-electron chi connectivity index (χ1n) is 7.54. The molecule has 0 aromatic heterocycles. The van der Waals surface area contributed by atoms with Crippen LogP contribution < -0.4 is 5.32 Å². The summed E-state index contributed by atoms with van der Waals surface area (Å²) in [6.45, 7) is 8.42. The minimum absolute atomic E-state index is 0.0779. The van der Waals surface area contributed by atoms with Gasteiger partial charge in [-0.15, -0.1) is 0 Å². The molecule has 0 unspecified atom stereocenters. The second-order valence-electron chi connectivity index (χ2n) is 4.97. The van der Waals surface area contributed by atoms with Crippen molar-refractivity contribution in [1.29, 1.82) is 0 Å². The predicted octanol–water partition coefficient (Wildman–Crippen LogP) is 3.05. The Bertz CT molecular complexity index is 266. The molecule has 4 nitrogen and oxygen atoms in total. The summed E-state index contributed by atoms with van der Waals surface area (Å²) < 4.78 is 5.24. The van der Waals surface area contributed by atoms with E-state index in [2.05, 4.69) is 19.2 Å². The Morgan fingerprint density at radius 1 is 1.11 bits per heavy atom. The highest BCUT2D eigenvalue weighted by molar-refractivity contribution is 5.83. The molecule has 112 valence electrons. The highest BCUT2D eigenvalue weighted by atomic mass is 16.5. The lowest BCUT2D eigenvalue weighted by molar-refractivity contribution is -0.159. The molecule has 1 amide bonds. The maximum atomic E-state index is 11.9. The average molecular weight is 271 g/mol. The second kappa shape index (κ2) is 10.8. The van der Waals surface area contributed by atoms with Gasteiger partial charge in [0, 0.05) is 6.54 Å². The first-order chi connectivity index (χ1) is 9.06. The minimum Gasteiger partial charge on any atom is -0.452 e. The summed E-state index contributed by atoms with van der Waals surface area (Å²) in [6.07, 6.45) is 4.98. The minimum atomic E-state index is -0.694. The monoisotopic (exact) mass is 271 g/mol. The highest BCUT2D eigenvalue weighted by Gasteiger charge is 2.23. The van der Waals surface area contributed by atoms with Crippen LogP contribution in [0.4, 0.5) is 0 Å². The van der Waals surface area contributed by atoms with Crippen molar-refractivity contribution in [2.75, 3.05) is 6.54 Å². The number of amides is 1. The molecule has 0 aliphatic carbocycles. The Morgan fingerprint density at radius 3 is 2.26 bits per heavy atom. The first-order valence-corrected chi connectivity index (χ1v) is 7.54. The van der Waals surface area contributed by atoms with Gasteiger partial charge in [0.1, 0.15) is 0 Å². The van der Waals surface area contributed by atoms with E-state index >= 15 is 0 Å². The van der Waals surface area contributed by atoms with Crippen LogP contribution in [-0.4, -0.2) is 24.5 Å². The third-order valence-electron chi connectivity index (χ3n) is 3.22. The van der Waals surface area contributed by atoms with Crippen LogP contribution in [0.2, 0.25) is 0 Å². The van der Waals surface area contributed by atoms with Gasteiger partial charge in [0.2, 0.25) is 0 Å². The number of rotatable bonds is 10. The smallest absolute Gasteiger partial charge is 0.309 e. The van der Waals surface area contributed by atoms with Gasteiger partial charge in [-0.25, -0.2) is 0 Å². The van der Waals surface area contributed by atoms with Crippen LogP contribution in [0.1, 0.15) is 66.2 Å². The predicted molar refractivity (Wildman–Crippen MR) is 76.8 cm³/mol. The molecular weight excluding hydrogens is 242 g/mol. The Balaban J connectivity index is 4.10. The molecule has 2 atom stereocenters. The molecule has 0 aromatic rings. The van der Waals surface area contributed by atoms with Crippen LogP contribution in [-0.2, 0) is 14.3 Å². The molecule has 0 aromatic carbocycles. The SMILES string of the molecule is CCCCNC(=O)[C@@H](C)OC(=O)[C@@H](CC)CCCC. The molecule has 0 bridgehead atoms. The van der Waals surface area contributed by atoms with E-state index in [0.29, 0.717) is 6.54 Å². The zero-order chi connectivity index (χ0) is 14.7. The highest BCUT2D eigenvalue weighted by Crippen LogP contribution is 2.15. The van der Waals surface area contributed by atoms with E-state index in [0.717, 1.165) is 38.5 Å². The number of esters is 1. The molecule has 0 saturated carbocycles. The molecular formula is C15H29NO3. The number of hydrogen-bond acceptors (Lipinski definition) is 3. The summed E-state index contributed by atoms with van der Waals surface area (Å²) in [4.78, 5) is 23.6. The van der Waals surface area contributed by atoms with Gasteiger partial charge in [-0.1, -0.05) is 40.0 Å². The van der Waals surface area contributed by atoms with Gasteiger partial charge < -0.3 is 10.1 Å². The van der Waals surface area contributed by atoms with E-state index in [9.17, 15) is 9.59 Å². The van der Waals surface area contributed by atoms with Crippen molar-refractivity contribution in [3.63, 3.8) is 0 Å². The third-order valence-corrected chi connectivity index (χ3v) is 3.22. The first kappa shape index (κ1) is 17.9. The fourth-order valence-electron chi connectivity index (χ4n) is 1.80. The largest absolute Gasteiger partial charge is 0.452 e. The zero-order valence-corrected chi connectivity index (χ0v) is 12.8.